The highest BCUT2D eigenvalue weighted by Gasteiger charge is 2.20. The molecule has 0 aliphatic rings. The third-order valence-corrected chi connectivity index (χ3v) is 4.09. The molecule has 3 aromatic rings. The van der Waals surface area contributed by atoms with Crippen molar-refractivity contribution < 1.29 is 23.5 Å². The highest BCUT2D eigenvalue weighted by molar-refractivity contribution is 6.05. The summed E-state index contributed by atoms with van der Waals surface area (Å²) in [5.74, 6) is -1.00. The number of amides is 2. The van der Waals surface area contributed by atoms with Crippen LogP contribution in [0, 0.1) is 5.82 Å². The van der Waals surface area contributed by atoms with Crippen LogP contribution in [0.3, 0.4) is 0 Å². The average molecular weight is 414 g/mol. The maximum atomic E-state index is 13.7. The van der Waals surface area contributed by atoms with Crippen LogP contribution in [-0.2, 0) is 11.3 Å². The number of hydrogen-bond acceptors (Lipinski definition) is 7. The summed E-state index contributed by atoms with van der Waals surface area (Å²) in [6.07, 6.45) is 0. The molecule has 2 aromatic carbocycles. The molecule has 30 heavy (non-hydrogen) atoms. The van der Waals surface area contributed by atoms with E-state index in [1.165, 1.54) is 32.4 Å². The molecule has 0 saturated carbocycles. The number of aromatic nitrogens is 3. The molecule has 0 saturated heterocycles. The van der Waals surface area contributed by atoms with Crippen LogP contribution in [0.2, 0.25) is 0 Å². The van der Waals surface area contributed by atoms with Crippen LogP contribution in [0.4, 0.5) is 21.6 Å². The summed E-state index contributed by atoms with van der Waals surface area (Å²) in [5.41, 5.74) is 6.05. The zero-order valence-corrected chi connectivity index (χ0v) is 16.2. The molecule has 10 nitrogen and oxygen atoms in total. The van der Waals surface area contributed by atoms with E-state index in [9.17, 15) is 14.0 Å². The fourth-order valence-electron chi connectivity index (χ4n) is 2.57. The van der Waals surface area contributed by atoms with E-state index < -0.39 is 17.6 Å². The largest absolute Gasteiger partial charge is 0.497 e. The molecule has 3 rings (SSSR count). The van der Waals surface area contributed by atoms with Crippen molar-refractivity contribution in [1.29, 1.82) is 0 Å². The van der Waals surface area contributed by atoms with Gasteiger partial charge in [-0.1, -0.05) is 17.3 Å². The number of nitrogens with two attached hydrogens (primary N) is 1. The third kappa shape index (κ3) is 4.46. The number of rotatable bonds is 7. The number of nitrogens with zero attached hydrogens (tertiary/aromatic N) is 3. The standard InChI is InChI=1S/C19H19FN6O4/c1-29-11-7-8-14(15(9-11)30-2)22-16(27)10-26-18(21)17(24-25-26)19(28)23-13-6-4-3-5-12(13)20/h3-9H,10,21H2,1-2H3,(H,22,27)(H,23,28). The van der Waals surface area contributed by atoms with E-state index in [2.05, 4.69) is 20.9 Å². The van der Waals surface area contributed by atoms with Crippen molar-refractivity contribution in [3.8, 4) is 11.5 Å². The van der Waals surface area contributed by atoms with Crippen LogP contribution < -0.4 is 25.8 Å². The number of nitrogens with one attached hydrogen (secondary N) is 2. The van der Waals surface area contributed by atoms with E-state index >= 15 is 0 Å². The predicted octanol–water partition coefficient (Wildman–Crippen LogP) is 1.91. The van der Waals surface area contributed by atoms with Gasteiger partial charge in [-0.3, -0.25) is 9.59 Å². The van der Waals surface area contributed by atoms with Crippen molar-refractivity contribution in [2.24, 2.45) is 0 Å². The second-order valence-corrected chi connectivity index (χ2v) is 6.03. The zero-order chi connectivity index (χ0) is 21.7. The predicted molar refractivity (Wildman–Crippen MR) is 107 cm³/mol. The van der Waals surface area contributed by atoms with Crippen LogP contribution in [0.1, 0.15) is 10.5 Å². The highest BCUT2D eigenvalue weighted by Crippen LogP contribution is 2.29. The van der Waals surface area contributed by atoms with Gasteiger partial charge in [0.15, 0.2) is 11.5 Å². The smallest absolute Gasteiger partial charge is 0.280 e. The Morgan fingerprint density at radius 1 is 1.10 bits per heavy atom. The Labute approximate surface area is 170 Å². The van der Waals surface area contributed by atoms with Gasteiger partial charge in [0.05, 0.1) is 25.6 Å². The van der Waals surface area contributed by atoms with E-state index in [1.807, 2.05) is 0 Å². The summed E-state index contributed by atoms with van der Waals surface area (Å²) in [7, 11) is 2.97. The topological polar surface area (TPSA) is 133 Å². The fourth-order valence-corrected chi connectivity index (χ4v) is 2.57. The van der Waals surface area contributed by atoms with Gasteiger partial charge < -0.3 is 25.8 Å². The molecule has 1 aromatic heterocycles. The number of anilines is 3. The second-order valence-electron chi connectivity index (χ2n) is 6.03. The highest BCUT2D eigenvalue weighted by atomic mass is 19.1. The Kier molecular flexibility index (Phi) is 6.11. The van der Waals surface area contributed by atoms with E-state index in [0.717, 1.165) is 4.68 Å². The number of hydrogen-bond donors (Lipinski definition) is 3. The Bertz CT molecular complexity index is 1080. The number of nitrogen functional groups attached to an aromatic ring is 1. The number of methoxy groups -OCH3 is 2. The first kappa shape index (κ1) is 20.6. The first-order chi connectivity index (χ1) is 14.4. The Morgan fingerprint density at radius 2 is 1.87 bits per heavy atom. The molecule has 4 N–H and O–H groups in total. The van der Waals surface area contributed by atoms with Gasteiger partial charge in [0.1, 0.15) is 23.9 Å². The SMILES string of the molecule is COc1ccc(NC(=O)Cn2nnc(C(=O)Nc3ccccc3F)c2N)c(OC)c1. The normalized spacial score (nSPS) is 10.4. The van der Waals surface area contributed by atoms with Gasteiger partial charge in [-0.2, -0.15) is 0 Å². The van der Waals surface area contributed by atoms with E-state index in [4.69, 9.17) is 15.2 Å². The summed E-state index contributed by atoms with van der Waals surface area (Å²) in [6.45, 7) is -0.305. The summed E-state index contributed by atoms with van der Waals surface area (Å²) in [4.78, 5) is 24.7. The van der Waals surface area contributed by atoms with Crippen molar-refractivity contribution in [1.82, 2.24) is 15.0 Å². The minimum atomic E-state index is -0.749. The van der Waals surface area contributed by atoms with Crippen LogP contribution in [0.25, 0.3) is 0 Å². The lowest BCUT2D eigenvalue weighted by Gasteiger charge is -2.11. The molecule has 0 bridgehead atoms. The molecule has 0 aliphatic carbocycles. The van der Waals surface area contributed by atoms with E-state index in [1.54, 1.807) is 24.3 Å². The molecule has 0 atom stereocenters. The van der Waals surface area contributed by atoms with Gasteiger partial charge in [0, 0.05) is 6.07 Å². The molecule has 0 unspecified atom stereocenters. The molecule has 0 aliphatic heterocycles. The average Bonchev–Trinajstić information content (AvgIpc) is 3.10. The van der Waals surface area contributed by atoms with Crippen LogP contribution >= 0.6 is 0 Å². The van der Waals surface area contributed by atoms with Crippen LogP contribution in [-0.4, -0.2) is 41.0 Å². The van der Waals surface area contributed by atoms with E-state index in [-0.39, 0.29) is 23.7 Å². The second kappa shape index (κ2) is 8.90. The molecule has 0 spiro atoms. The minimum Gasteiger partial charge on any atom is -0.497 e. The molecular weight excluding hydrogens is 395 g/mol. The molecule has 156 valence electrons. The van der Waals surface area contributed by atoms with Gasteiger partial charge in [0.2, 0.25) is 5.91 Å². The third-order valence-electron chi connectivity index (χ3n) is 4.09. The van der Waals surface area contributed by atoms with Crippen molar-refractivity contribution in [2.45, 2.75) is 6.54 Å². The number of halogens is 1. The van der Waals surface area contributed by atoms with E-state index in [0.29, 0.717) is 17.2 Å². The lowest BCUT2D eigenvalue weighted by molar-refractivity contribution is -0.116. The molecule has 1 heterocycles. The Hall–Kier alpha value is -4.15. The number of carbonyl (C=O) groups excluding carboxylic acids is 2. The van der Waals surface area contributed by atoms with Gasteiger partial charge in [-0.25, -0.2) is 9.07 Å². The fraction of sp³-hybridized carbons (Fsp3) is 0.158. The van der Waals surface area contributed by atoms with Crippen molar-refractivity contribution in [2.75, 3.05) is 30.6 Å². The van der Waals surface area contributed by atoms with Crippen molar-refractivity contribution in [3.05, 3.63) is 54.0 Å². The molecule has 2 amide bonds. The molecule has 0 fully saturated rings. The lowest BCUT2D eigenvalue weighted by atomic mass is 10.2. The number of carbonyl (C=O) groups is 2. The van der Waals surface area contributed by atoms with Gasteiger partial charge in [-0.05, 0) is 24.3 Å². The van der Waals surface area contributed by atoms with Crippen molar-refractivity contribution in [3.63, 3.8) is 0 Å². The van der Waals surface area contributed by atoms with Gasteiger partial charge in [-0.15, -0.1) is 5.10 Å². The van der Waals surface area contributed by atoms with Crippen molar-refractivity contribution >= 4 is 29.0 Å². The lowest BCUT2D eigenvalue weighted by Crippen LogP contribution is -2.21. The number of para-hydroxylation sites is 1. The zero-order valence-electron chi connectivity index (χ0n) is 16.2. The summed E-state index contributed by atoms with van der Waals surface area (Å²) in [6, 6.07) is 10.5. The Balaban J connectivity index is 1.69. The Morgan fingerprint density at radius 3 is 2.57 bits per heavy atom. The summed E-state index contributed by atoms with van der Waals surface area (Å²) in [5, 5.41) is 12.4. The van der Waals surface area contributed by atoms with Gasteiger partial charge in [0.25, 0.3) is 5.91 Å². The van der Waals surface area contributed by atoms with Crippen LogP contribution in [0.15, 0.2) is 42.5 Å². The molecular formula is C19H19FN6O4. The minimum absolute atomic E-state index is 0.0270. The maximum Gasteiger partial charge on any atom is 0.280 e. The quantitative estimate of drug-likeness (QED) is 0.538. The maximum absolute atomic E-state index is 13.7. The van der Waals surface area contributed by atoms with Crippen LogP contribution in [0.5, 0.6) is 11.5 Å². The summed E-state index contributed by atoms with van der Waals surface area (Å²) < 4.78 is 25.1. The monoisotopic (exact) mass is 414 g/mol. The first-order valence-electron chi connectivity index (χ1n) is 8.69. The molecule has 11 heteroatoms. The summed E-state index contributed by atoms with van der Waals surface area (Å²) >= 11 is 0. The first-order valence-corrected chi connectivity index (χ1v) is 8.69. The number of ether oxygens (including phenoxy) is 2. The van der Waals surface area contributed by atoms with Gasteiger partial charge >= 0.3 is 0 Å². The number of benzene rings is 2. The molecule has 0 radical (unpaired) electrons.